The third kappa shape index (κ3) is 3.13. The smallest absolute Gasteiger partial charge is 0.129 e. The molecular weight excluding hydrogens is 262 g/mol. The van der Waals surface area contributed by atoms with Crippen LogP contribution in [0.1, 0.15) is 12.5 Å². The Kier molecular flexibility index (Phi) is 4.03. The summed E-state index contributed by atoms with van der Waals surface area (Å²) in [4.78, 5) is 0. The van der Waals surface area contributed by atoms with E-state index < -0.39 is 11.6 Å². The molecule has 0 nitrogen and oxygen atoms in total. The van der Waals surface area contributed by atoms with Crippen molar-refractivity contribution in [1.82, 2.24) is 0 Å². The largest absolute Gasteiger partial charge is 0.207 e. The highest BCUT2D eigenvalue weighted by Gasteiger charge is 2.21. The van der Waals surface area contributed by atoms with E-state index in [0.717, 1.165) is 6.07 Å². The Hall–Kier alpha value is -0.700. The van der Waals surface area contributed by atoms with Crippen molar-refractivity contribution >= 4 is 15.9 Å². The highest BCUT2D eigenvalue weighted by Crippen LogP contribution is 2.27. The minimum Gasteiger partial charge on any atom is -0.207 e. The molecule has 1 unspecified atom stereocenters. The fourth-order valence-corrected chi connectivity index (χ4v) is 1.70. The summed E-state index contributed by atoms with van der Waals surface area (Å²) < 4.78 is 26.0. The van der Waals surface area contributed by atoms with Crippen LogP contribution in [0.3, 0.4) is 0 Å². The third-order valence-corrected chi connectivity index (χ3v) is 3.69. The van der Waals surface area contributed by atoms with Crippen molar-refractivity contribution in [1.29, 1.82) is 0 Å². The predicted molar refractivity (Wildman–Crippen MR) is 62.2 cm³/mol. The average Bonchev–Trinajstić information content (AvgIpc) is 2.22. The molecule has 1 aromatic rings. The Morgan fingerprint density at radius 1 is 1.47 bits per heavy atom. The van der Waals surface area contributed by atoms with Gasteiger partial charge in [-0.1, -0.05) is 35.0 Å². The van der Waals surface area contributed by atoms with Crippen molar-refractivity contribution in [2.75, 3.05) is 5.33 Å². The van der Waals surface area contributed by atoms with Crippen LogP contribution < -0.4 is 0 Å². The van der Waals surface area contributed by atoms with Crippen LogP contribution in [0.4, 0.5) is 8.78 Å². The van der Waals surface area contributed by atoms with Crippen molar-refractivity contribution in [3.63, 3.8) is 0 Å². The fourth-order valence-electron chi connectivity index (χ4n) is 1.27. The molecule has 82 valence electrons. The normalized spacial score (nSPS) is 14.7. The summed E-state index contributed by atoms with van der Waals surface area (Å²) in [6.07, 6.45) is 2.29. The molecule has 15 heavy (non-hydrogen) atoms. The zero-order valence-corrected chi connectivity index (χ0v) is 10.2. The Labute approximate surface area is 97.1 Å². The Bertz CT molecular complexity index is 363. The van der Waals surface area contributed by atoms with E-state index in [4.69, 9.17) is 0 Å². The van der Waals surface area contributed by atoms with E-state index >= 15 is 0 Å². The third-order valence-electron chi connectivity index (χ3n) is 2.41. The molecule has 0 fully saturated rings. The zero-order valence-electron chi connectivity index (χ0n) is 8.56. The Balaban J connectivity index is 2.94. The molecular formula is C12H13BrF2. The minimum absolute atomic E-state index is 0.210. The van der Waals surface area contributed by atoms with Gasteiger partial charge in [-0.15, -0.1) is 6.58 Å². The SMILES string of the molecule is C=CC(C)(CBr)Cc1ccc(F)cc1F. The summed E-state index contributed by atoms with van der Waals surface area (Å²) in [6.45, 7) is 5.69. The van der Waals surface area contributed by atoms with Gasteiger partial charge in [0, 0.05) is 11.4 Å². The van der Waals surface area contributed by atoms with Gasteiger partial charge in [-0.2, -0.15) is 0 Å². The number of allylic oxidation sites excluding steroid dienone is 1. The van der Waals surface area contributed by atoms with Gasteiger partial charge in [-0.05, 0) is 23.5 Å². The van der Waals surface area contributed by atoms with Crippen LogP contribution in [0, 0.1) is 17.0 Å². The van der Waals surface area contributed by atoms with Gasteiger partial charge < -0.3 is 0 Å². The van der Waals surface area contributed by atoms with E-state index in [9.17, 15) is 8.78 Å². The highest BCUT2D eigenvalue weighted by atomic mass is 79.9. The molecule has 0 aliphatic heterocycles. The van der Waals surface area contributed by atoms with Crippen LogP contribution in [0.5, 0.6) is 0 Å². The lowest BCUT2D eigenvalue weighted by Crippen LogP contribution is -2.18. The highest BCUT2D eigenvalue weighted by molar-refractivity contribution is 9.09. The quantitative estimate of drug-likeness (QED) is 0.573. The summed E-state index contributed by atoms with van der Waals surface area (Å²) in [5, 5.41) is 0.695. The molecule has 0 radical (unpaired) electrons. The van der Waals surface area contributed by atoms with Gasteiger partial charge >= 0.3 is 0 Å². The van der Waals surface area contributed by atoms with E-state index in [1.165, 1.54) is 12.1 Å². The molecule has 0 aromatic heterocycles. The molecule has 1 rings (SSSR count). The van der Waals surface area contributed by atoms with Gasteiger partial charge in [0.2, 0.25) is 0 Å². The Morgan fingerprint density at radius 3 is 2.60 bits per heavy atom. The minimum atomic E-state index is -0.546. The van der Waals surface area contributed by atoms with Gasteiger partial charge in [-0.25, -0.2) is 8.78 Å². The molecule has 0 amide bonds. The van der Waals surface area contributed by atoms with E-state index in [1.807, 2.05) is 6.92 Å². The lowest BCUT2D eigenvalue weighted by molar-refractivity contribution is 0.473. The summed E-state index contributed by atoms with van der Waals surface area (Å²) in [7, 11) is 0. The first kappa shape index (κ1) is 12.4. The van der Waals surface area contributed by atoms with Crippen molar-refractivity contribution < 1.29 is 8.78 Å². The molecule has 0 saturated heterocycles. The standard InChI is InChI=1S/C12H13BrF2/c1-3-12(2,8-13)7-9-4-5-10(14)6-11(9)15/h3-6H,1,7-8H2,2H3. The second-order valence-electron chi connectivity index (χ2n) is 3.90. The maximum absolute atomic E-state index is 13.4. The van der Waals surface area contributed by atoms with Crippen LogP contribution in [-0.4, -0.2) is 5.33 Å². The average molecular weight is 275 g/mol. The van der Waals surface area contributed by atoms with Crippen molar-refractivity contribution in [3.05, 3.63) is 48.1 Å². The maximum atomic E-state index is 13.4. The van der Waals surface area contributed by atoms with Crippen LogP contribution in [0.15, 0.2) is 30.9 Å². The molecule has 0 bridgehead atoms. The number of halogens is 3. The van der Waals surface area contributed by atoms with Crippen molar-refractivity contribution in [2.45, 2.75) is 13.3 Å². The summed E-state index contributed by atoms with van der Waals surface area (Å²) >= 11 is 3.36. The molecule has 0 aliphatic rings. The van der Waals surface area contributed by atoms with Crippen LogP contribution >= 0.6 is 15.9 Å². The molecule has 0 spiro atoms. The van der Waals surface area contributed by atoms with Crippen LogP contribution in [-0.2, 0) is 6.42 Å². The molecule has 0 heterocycles. The second-order valence-corrected chi connectivity index (χ2v) is 4.47. The summed E-state index contributed by atoms with van der Waals surface area (Å²) in [5.74, 6) is -1.04. The number of rotatable bonds is 4. The van der Waals surface area contributed by atoms with Gasteiger partial charge in [0.15, 0.2) is 0 Å². The molecule has 3 heteroatoms. The monoisotopic (exact) mass is 274 g/mol. The Morgan fingerprint density at radius 2 is 2.13 bits per heavy atom. The number of hydrogen-bond acceptors (Lipinski definition) is 0. The fraction of sp³-hybridized carbons (Fsp3) is 0.333. The van der Waals surface area contributed by atoms with E-state index in [2.05, 4.69) is 22.5 Å². The molecule has 1 atom stereocenters. The second kappa shape index (κ2) is 4.88. The number of benzene rings is 1. The van der Waals surface area contributed by atoms with Crippen molar-refractivity contribution in [3.8, 4) is 0 Å². The molecule has 1 aromatic carbocycles. The van der Waals surface area contributed by atoms with Crippen LogP contribution in [0.2, 0.25) is 0 Å². The number of hydrogen-bond donors (Lipinski definition) is 0. The lowest BCUT2D eigenvalue weighted by Gasteiger charge is -2.23. The zero-order chi connectivity index (χ0) is 11.5. The lowest BCUT2D eigenvalue weighted by atomic mass is 9.86. The predicted octanol–water partition coefficient (Wildman–Crippen LogP) is 4.09. The first-order valence-corrected chi connectivity index (χ1v) is 5.76. The molecule has 0 aliphatic carbocycles. The molecule has 0 saturated carbocycles. The van der Waals surface area contributed by atoms with Gasteiger partial charge in [0.05, 0.1) is 0 Å². The van der Waals surface area contributed by atoms with E-state index in [0.29, 0.717) is 17.3 Å². The van der Waals surface area contributed by atoms with Gasteiger partial charge in [0.25, 0.3) is 0 Å². The van der Waals surface area contributed by atoms with Crippen molar-refractivity contribution in [2.24, 2.45) is 5.41 Å². The van der Waals surface area contributed by atoms with E-state index in [1.54, 1.807) is 6.08 Å². The van der Waals surface area contributed by atoms with Crippen LogP contribution in [0.25, 0.3) is 0 Å². The first-order chi connectivity index (χ1) is 7.00. The maximum Gasteiger partial charge on any atom is 0.129 e. The number of alkyl halides is 1. The van der Waals surface area contributed by atoms with E-state index in [-0.39, 0.29) is 5.41 Å². The molecule has 0 N–H and O–H groups in total. The summed E-state index contributed by atoms with van der Waals surface area (Å²) in [6, 6.07) is 3.66. The van der Waals surface area contributed by atoms with Gasteiger partial charge in [-0.3, -0.25) is 0 Å². The summed E-state index contributed by atoms with van der Waals surface area (Å²) in [5.41, 5.74) is 0.303. The topological polar surface area (TPSA) is 0 Å². The van der Waals surface area contributed by atoms with Gasteiger partial charge in [0.1, 0.15) is 11.6 Å². The first-order valence-electron chi connectivity index (χ1n) is 4.64.